The van der Waals surface area contributed by atoms with E-state index in [0.717, 1.165) is 67.5 Å². The lowest BCUT2D eigenvalue weighted by atomic mass is 9.49. The lowest BCUT2D eigenvalue weighted by molar-refractivity contribution is -0.159. The maximum absolute atomic E-state index is 13.8. The van der Waals surface area contributed by atoms with Crippen molar-refractivity contribution in [2.75, 3.05) is 26.2 Å². The number of nitrogens with zero attached hydrogens (tertiary/aromatic N) is 4. The molecule has 2 aromatic rings. The molecule has 6 heteroatoms. The number of piperazine rings is 1. The molecular weight excluding hydrogens is 436 g/mol. The van der Waals surface area contributed by atoms with Crippen molar-refractivity contribution in [1.29, 1.82) is 0 Å². The van der Waals surface area contributed by atoms with Crippen molar-refractivity contribution >= 4 is 11.8 Å². The third kappa shape index (κ3) is 3.39. The fourth-order valence-corrected chi connectivity index (χ4v) is 8.58. The van der Waals surface area contributed by atoms with Gasteiger partial charge in [-0.1, -0.05) is 18.2 Å². The first-order valence-corrected chi connectivity index (χ1v) is 13.8. The number of fused-ring (bicyclic) bond motifs is 1. The van der Waals surface area contributed by atoms with Gasteiger partial charge in [0, 0.05) is 37.4 Å². The van der Waals surface area contributed by atoms with Gasteiger partial charge >= 0.3 is 0 Å². The highest BCUT2D eigenvalue weighted by molar-refractivity contribution is 5.94. The number of rotatable bonds is 3. The predicted octanol–water partition coefficient (Wildman–Crippen LogP) is 4.17. The first-order chi connectivity index (χ1) is 17.0. The minimum absolute atomic E-state index is 0.0392. The first-order valence-electron chi connectivity index (χ1n) is 13.8. The van der Waals surface area contributed by atoms with Gasteiger partial charge in [0.2, 0.25) is 5.91 Å². The van der Waals surface area contributed by atoms with E-state index in [1.54, 1.807) is 0 Å². The number of hydrogen-bond donors (Lipinski definition) is 0. The van der Waals surface area contributed by atoms with E-state index >= 15 is 0 Å². The molecule has 0 spiro atoms. The molecule has 2 heterocycles. The van der Waals surface area contributed by atoms with E-state index in [0.29, 0.717) is 37.8 Å². The van der Waals surface area contributed by atoms with Crippen LogP contribution in [0.2, 0.25) is 0 Å². The summed E-state index contributed by atoms with van der Waals surface area (Å²) in [5.41, 5.74) is 5.09. The number of aryl methyl sites for hydroxylation is 1. The third-order valence-corrected chi connectivity index (χ3v) is 9.82. The quantitative estimate of drug-likeness (QED) is 0.674. The number of para-hydroxylation sites is 1. The molecule has 1 saturated heterocycles. The Morgan fingerprint density at radius 1 is 0.886 bits per heavy atom. The maximum atomic E-state index is 13.8. The Labute approximate surface area is 207 Å². The molecule has 1 aromatic heterocycles. The van der Waals surface area contributed by atoms with Gasteiger partial charge in [-0.3, -0.25) is 9.59 Å². The second kappa shape index (κ2) is 7.94. The number of aromatic nitrogens is 2. The Bertz CT molecular complexity index is 1150. The molecule has 1 aromatic carbocycles. The minimum Gasteiger partial charge on any atom is -0.339 e. The average molecular weight is 473 g/mol. The van der Waals surface area contributed by atoms with E-state index in [2.05, 4.69) is 24.0 Å². The molecule has 1 aliphatic heterocycles. The Morgan fingerprint density at radius 3 is 2.17 bits per heavy atom. The molecule has 4 bridgehead atoms. The average Bonchev–Trinajstić information content (AvgIpc) is 3.46. The van der Waals surface area contributed by atoms with Gasteiger partial charge < -0.3 is 9.80 Å². The van der Waals surface area contributed by atoms with Crippen LogP contribution in [0.25, 0.3) is 5.69 Å². The van der Waals surface area contributed by atoms with Crippen LogP contribution in [0.15, 0.2) is 24.3 Å². The zero-order valence-electron chi connectivity index (χ0n) is 20.8. The van der Waals surface area contributed by atoms with Gasteiger partial charge in [0.1, 0.15) is 0 Å². The summed E-state index contributed by atoms with van der Waals surface area (Å²) >= 11 is 0. The van der Waals surface area contributed by atoms with Crippen LogP contribution in [-0.2, 0) is 17.6 Å². The molecule has 0 atom stereocenters. The lowest BCUT2D eigenvalue weighted by Crippen LogP contribution is -2.58. The minimum atomic E-state index is -0.0892. The largest absolute Gasteiger partial charge is 0.339 e. The standard InChI is InChI=1S/C29H36N4O2/c1-19-5-2-3-7-24(19)33-25-8-4-6-23(25)26(30-33)27(34)31-9-11-32(12-10-31)28(35)29-16-20-13-21(17-29)15-22(14-20)18-29/h2-3,5,7,20-22H,4,6,8-18H2,1H3. The van der Waals surface area contributed by atoms with Crippen LogP contribution in [0.5, 0.6) is 0 Å². The second-order valence-corrected chi connectivity index (χ2v) is 12.1. The summed E-state index contributed by atoms with van der Waals surface area (Å²) < 4.78 is 2.01. The molecule has 6 nitrogen and oxygen atoms in total. The van der Waals surface area contributed by atoms with E-state index in [4.69, 9.17) is 5.10 Å². The van der Waals surface area contributed by atoms with Crippen LogP contribution >= 0.6 is 0 Å². The summed E-state index contributed by atoms with van der Waals surface area (Å²) in [5, 5.41) is 4.86. The fraction of sp³-hybridized carbons (Fsp3) is 0.621. The summed E-state index contributed by atoms with van der Waals surface area (Å²) in [6.07, 6.45) is 10.4. The van der Waals surface area contributed by atoms with Crippen LogP contribution in [0.4, 0.5) is 0 Å². The number of hydrogen-bond acceptors (Lipinski definition) is 3. The first kappa shape index (κ1) is 21.6. The molecule has 4 saturated carbocycles. The molecule has 5 fully saturated rings. The van der Waals surface area contributed by atoms with Gasteiger partial charge in [0.05, 0.1) is 11.1 Å². The van der Waals surface area contributed by atoms with Gasteiger partial charge in [-0.2, -0.15) is 5.10 Å². The van der Waals surface area contributed by atoms with Crippen LogP contribution in [0.3, 0.4) is 0 Å². The summed E-state index contributed by atoms with van der Waals surface area (Å²) in [5.74, 6) is 2.77. The topological polar surface area (TPSA) is 58.4 Å². The third-order valence-electron chi connectivity index (χ3n) is 9.82. The number of carbonyl (C=O) groups is 2. The van der Waals surface area contributed by atoms with Crippen molar-refractivity contribution in [2.24, 2.45) is 23.2 Å². The number of amides is 2. The number of benzene rings is 1. The summed E-state index contributed by atoms with van der Waals surface area (Å²) in [4.78, 5) is 31.4. The van der Waals surface area contributed by atoms with Gasteiger partial charge in [-0.15, -0.1) is 0 Å². The van der Waals surface area contributed by atoms with Crippen LogP contribution in [0.1, 0.15) is 72.3 Å². The van der Waals surface area contributed by atoms with Crippen molar-refractivity contribution in [3.8, 4) is 5.69 Å². The summed E-state index contributed by atoms with van der Waals surface area (Å²) in [6, 6.07) is 8.26. The normalized spacial score (nSPS) is 31.2. The van der Waals surface area contributed by atoms with Crippen LogP contribution < -0.4 is 0 Å². The number of carbonyl (C=O) groups excluding carboxylic acids is 2. The Balaban J connectivity index is 1.07. The van der Waals surface area contributed by atoms with E-state index in [-0.39, 0.29) is 11.3 Å². The van der Waals surface area contributed by atoms with Crippen molar-refractivity contribution in [2.45, 2.75) is 64.7 Å². The molecule has 2 amide bonds. The van der Waals surface area contributed by atoms with Crippen LogP contribution in [0, 0.1) is 30.1 Å². The summed E-state index contributed by atoms with van der Waals surface area (Å²) in [7, 11) is 0. The van der Waals surface area contributed by atoms with Gasteiger partial charge in [-0.05, 0) is 94.1 Å². The second-order valence-electron chi connectivity index (χ2n) is 12.1. The van der Waals surface area contributed by atoms with E-state index in [9.17, 15) is 9.59 Å². The SMILES string of the molecule is Cc1ccccc1-n1nc(C(=O)N2CCN(C(=O)C34CC5CC(CC(C5)C3)C4)CC2)c2c1CCC2. The van der Waals surface area contributed by atoms with Gasteiger partial charge in [-0.25, -0.2) is 4.68 Å². The van der Waals surface area contributed by atoms with Crippen molar-refractivity contribution in [1.82, 2.24) is 19.6 Å². The molecule has 35 heavy (non-hydrogen) atoms. The monoisotopic (exact) mass is 472 g/mol. The molecule has 5 aliphatic carbocycles. The highest BCUT2D eigenvalue weighted by Gasteiger charge is 2.55. The molecule has 0 unspecified atom stereocenters. The Hall–Kier alpha value is -2.63. The van der Waals surface area contributed by atoms with E-state index in [1.807, 2.05) is 21.7 Å². The van der Waals surface area contributed by atoms with E-state index in [1.165, 1.54) is 30.5 Å². The molecule has 6 aliphatic rings. The maximum Gasteiger partial charge on any atom is 0.274 e. The van der Waals surface area contributed by atoms with Crippen molar-refractivity contribution in [3.63, 3.8) is 0 Å². The fourth-order valence-electron chi connectivity index (χ4n) is 8.58. The van der Waals surface area contributed by atoms with Gasteiger partial charge in [0.25, 0.3) is 5.91 Å². The molecule has 0 radical (unpaired) electrons. The predicted molar refractivity (Wildman–Crippen MR) is 133 cm³/mol. The van der Waals surface area contributed by atoms with Crippen molar-refractivity contribution < 1.29 is 9.59 Å². The molecular formula is C29H36N4O2. The molecule has 184 valence electrons. The van der Waals surface area contributed by atoms with Crippen molar-refractivity contribution in [3.05, 3.63) is 46.8 Å². The Kier molecular flexibility index (Phi) is 4.91. The Morgan fingerprint density at radius 2 is 1.51 bits per heavy atom. The highest BCUT2D eigenvalue weighted by atomic mass is 16.2. The zero-order valence-corrected chi connectivity index (χ0v) is 20.8. The van der Waals surface area contributed by atoms with E-state index < -0.39 is 0 Å². The van der Waals surface area contributed by atoms with Crippen LogP contribution in [-0.4, -0.2) is 57.6 Å². The highest BCUT2D eigenvalue weighted by Crippen LogP contribution is 2.60. The molecule has 0 N–H and O–H groups in total. The molecule has 8 rings (SSSR count). The smallest absolute Gasteiger partial charge is 0.274 e. The lowest BCUT2D eigenvalue weighted by Gasteiger charge is -2.57. The van der Waals surface area contributed by atoms with Gasteiger partial charge in [0.15, 0.2) is 5.69 Å². The summed E-state index contributed by atoms with van der Waals surface area (Å²) in [6.45, 7) is 4.64. The zero-order chi connectivity index (χ0) is 23.7.